The summed E-state index contributed by atoms with van der Waals surface area (Å²) in [6.07, 6.45) is 5.94. The molecule has 0 saturated heterocycles. The summed E-state index contributed by atoms with van der Waals surface area (Å²) in [4.78, 5) is 21.0. The van der Waals surface area contributed by atoms with Gasteiger partial charge in [-0.1, -0.05) is 25.7 Å². The summed E-state index contributed by atoms with van der Waals surface area (Å²) < 4.78 is 4.36. The van der Waals surface area contributed by atoms with Gasteiger partial charge < -0.3 is 14.9 Å². The standard InChI is InChI=1S/C11H20O5/c12-9-16-11(15)8-6-4-2-1-3-5-7-10(13)14/h12H,1-9H2,(H,13,14). The molecular weight excluding hydrogens is 212 g/mol. The Kier molecular flexibility index (Phi) is 9.70. The maximum Gasteiger partial charge on any atom is 0.307 e. The van der Waals surface area contributed by atoms with Gasteiger partial charge in [0.1, 0.15) is 0 Å². The van der Waals surface area contributed by atoms with Gasteiger partial charge in [-0.15, -0.1) is 0 Å². The summed E-state index contributed by atoms with van der Waals surface area (Å²) in [7, 11) is 0. The molecule has 0 aliphatic rings. The second-order valence-corrected chi connectivity index (χ2v) is 3.66. The quantitative estimate of drug-likeness (QED) is 0.340. The molecule has 0 amide bonds. The average Bonchev–Trinajstić information content (AvgIpc) is 2.22. The Morgan fingerprint density at radius 2 is 1.38 bits per heavy atom. The summed E-state index contributed by atoms with van der Waals surface area (Å²) in [6.45, 7) is -0.548. The molecule has 0 aliphatic heterocycles. The minimum Gasteiger partial charge on any atom is -0.481 e. The number of aliphatic hydroxyl groups is 1. The normalized spacial score (nSPS) is 10.1. The van der Waals surface area contributed by atoms with E-state index in [2.05, 4.69) is 4.74 Å². The number of ether oxygens (including phenoxy) is 1. The Balaban J connectivity index is 3.09. The molecule has 0 aliphatic carbocycles. The van der Waals surface area contributed by atoms with E-state index in [9.17, 15) is 9.59 Å². The molecule has 0 unspecified atom stereocenters. The van der Waals surface area contributed by atoms with E-state index < -0.39 is 12.8 Å². The Morgan fingerprint density at radius 1 is 0.875 bits per heavy atom. The molecule has 0 atom stereocenters. The lowest BCUT2D eigenvalue weighted by Crippen LogP contribution is -2.04. The maximum atomic E-state index is 10.8. The molecule has 5 nitrogen and oxygen atoms in total. The van der Waals surface area contributed by atoms with Crippen molar-refractivity contribution in [1.29, 1.82) is 0 Å². The van der Waals surface area contributed by atoms with Gasteiger partial charge in [0.25, 0.3) is 0 Å². The predicted molar refractivity (Wildman–Crippen MR) is 57.7 cm³/mol. The van der Waals surface area contributed by atoms with Gasteiger partial charge in [-0.3, -0.25) is 9.59 Å². The third-order valence-electron chi connectivity index (χ3n) is 2.25. The fourth-order valence-electron chi connectivity index (χ4n) is 1.40. The zero-order valence-corrected chi connectivity index (χ0v) is 9.48. The zero-order chi connectivity index (χ0) is 12.2. The van der Waals surface area contributed by atoms with Crippen molar-refractivity contribution in [3.8, 4) is 0 Å². The lowest BCUT2D eigenvalue weighted by atomic mass is 10.1. The Hall–Kier alpha value is -1.10. The van der Waals surface area contributed by atoms with Crippen LogP contribution in [0.4, 0.5) is 0 Å². The lowest BCUT2D eigenvalue weighted by molar-refractivity contribution is -0.151. The van der Waals surface area contributed by atoms with Gasteiger partial charge in [0.05, 0.1) is 0 Å². The first-order valence-electron chi connectivity index (χ1n) is 5.65. The maximum absolute atomic E-state index is 10.8. The van der Waals surface area contributed by atoms with Crippen LogP contribution in [0.5, 0.6) is 0 Å². The van der Waals surface area contributed by atoms with E-state index in [1.807, 2.05) is 0 Å². The van der Waals surface area contributed by atoms with E-state index >= 15 is 0 Å². The van der Waals surface area contributed by atoms with Gasteiger partial charge >= 0.3 is 11.9 Å². The molecule has 0 saturated carbocycles. The number of aliphatic carboxylic acids is 1. The molecule has 0 fully saturated rings. The van der Waals surface area contributed by atoms with E-state index in [1.165, 1.54) is 0 Å². The highest BCUT2D eigenvalue weighted by Gasteiger charge is 2.01. The number of carbonyl (C=O) groups excluding carboxylic acids is 1. The van der Waals surface area contributed by atoms with E-state index in [4.69, 9.17) is 10.2 Å². The molecule has 2 N–H and O–H groups in total. The van der Waals surface area contributed by atoms with E-state index in [0.717, 1.165) is 38.5 Å². The molecule has 0 heterocycles. The zero-order valence-electron chi connectivity index (χ0n) is 9.48. The smallest absolute Gasteiger partial charge is 0.307 e. The fraction of sp³-hybridized carbons (Fsp3) is 0.818. The highest BCUT2D eigenvalue weighted by atomic mass is 16.6. The summed E-state index contributed by atoms with van der Waals surface area (Å²) in [6, 6.07) is 0. The molecule has 16 heavy (non-hydrogen) atoms. The van der Waals surface area contributed by atoms with Gasteiger partial charge in [-0.25, -0.2) is 0 Å². The first-order valence-corrected chi connectivity index (χ1v) is 5.65. The monoisotopic (exact) mass is 232 g/mol. The number of carboxylic acids is 1. The van der Waals surface area contributed by atoms with Crippen LogP contribution in [0.3, 0.4) is 0 Å². The molecule has 0 rings (SSSR count). The van der Waals surface area contributed by atoms with Crippen molar-refractivity contribution in [2.75, 3.05) is 6.79 Å². The van der Waals surface area contributed by atoms with Gasteiger partial charge in [0, 0.05) is 12.8 Å². The molecule has 94 valence electrons. The van der Waals surface area contributed by atoms with Crippen LogP contribution in [-0.2, 0) is 14.3 Å². The molecule has 0 aromatic heterocycles. The third-order valence-corrected chi connectivity index (χ3v) is 2.25. The highest BCUT2D eigenvalue weighted by molar-refractivity contribution is 5.69. The first-order chi connectivity index (χ1) is 7.66. The van der Waals surface area contributed by atoms with E-state index in [0.29, 0.717) is 6.42 Å². The highest BCUT2D eigenvalue weighted by Crippen LogP contribution is 2.08. The number of esters is 1. The number of unbranched alkanes of at least 4 members (excludes halogenated alkanes) is 5. The number of carbonyl (C=O) groups is 2. The van der Waals surface area contributed by atoms with Gasteiger partial charge in [-0.2, -0.15) is 0 Å². The van der Waals surface area contributed by atoms with Crippen LogP contribution in [0.25, 0.3) is 0 Å². The average molecular weight is 232 g/mol. The molecule has 0 bridgehead atoms. The topological polar surface area (TPSA) is 83.8 Å². The fourth-order valence-corrected chi connectivity index (χ4v) is 1.40. The van der Waals surface area contributed by atoms with Crippen molar-refractivity contribution in [2.24, 2.45) is 0 Å². The largest absolute Gasteiger partial charge is 0.481 e. The van der Waals surface area contributed by atoms with Crippen LogP contribution in [0.15, 0.2) is 0 Å². The van der Waals surface area contributed by atoms with Crippen molar-refractivity contribution in [3.05, 3.63) is 0 Å². The van der Waals surface area contributed by atoms with Crippen molar-refractivity contribution in [1.82, 2.24) is 0 Å². The molecule has 0 aromatic rings. The van der Waals surface area contributed by atoms with Crippen LogP contribution in [0, 0.1) is 0 Å². The first kappa shape index (κ1) is 14.9. The minimum absolute atomic E-state index is 0.239. The molecule has 0 spiro atoms. The second kappa shape index (κ2) is 10.4. The number of carboxylic acid groups (broad SMARTS) is 1. The molecule has 0 aromatic carbocycles. The van der Waals surface area contributed by atoms with Crippen LogP contribution < -0.4 is 0 Å². The summed E-state index contributed by atoms with van der Waals surface area (Å²) in [5, 5.41) is 16.7. The number of hydrogen-bond acceptors (Lipinski definition) is 4. The second-order valence-electron chi connectivity index (χ2n) is 3.66. The predicted octanol–water partition coefficient (Wildman–Crippen LogP) is 1.68. The van der Waals surface area contributed by atoms with Crippen LogP contribution in [0.1, 0.15) is 51.4 Å². The van der Waals surface area contributed by atoms with E-state index in [1.54, 1.807) is 0 Å². The third kappa shape index (κ3) is 11.0. The van der Waals surface area contributed by atoms with Crippen molar-refractivity contribution in [3.63, 3.8) is 0 Å². The molecular formula is C11H20O5. The Morgan fingerprint density at radius 3 is 1.88 bits per heavy atom. The van der Waals surface area contributed by atoms with Gasteiger partial charge in [0.15, 0.2) is 6.79 Å². The van der Waals surface area contributed by atoms with Gasteiger partial charge in [-0.05, 0) is 12.8 Å². The Labute approximate surface area is 95.4 Å². The SMILES string of the molecule is O=C(O)CCCCCCCCC(=O)OCO. The van der Waals surface area contributed by atoms with E-state index in [-0.39, 0.29) is 12.4 Å². The van der Waals surface area contributed by atoms with Crippen LogP contribution in [-0.4, -0.2) is 28.9 Å². The Bertz CT molecular complexity index is 203. The number of rotatable bonds is 10. The van der Waals surface area contributed by atoms with Crippen molar-refractivity contribution >= 4 is 11.9 Å². The summed E-state index contributed by atoms with van der Waals surface area (Å²) in [5.41, 5.74) is 0. The van der Waals surface area contributed by atoms with Crippen molar-refractivity contribution in [2.45, 2.75) is 51.4 Å². The molecule has 0 radical (unpaired) electrons. The minimum atomic E-state index is -0.744. The lowest BCUT2D eigenvalue weighted by Gasteiger charge is -2.01. The number of hydrogen-bond donors (Lipinski definition) is 2. The number of aliphatic hydroxyl groups excluding tert-OH is 1. The van der Waals surface area contributed by atoms with Gasteiger partial charge in [0.2, 0.25) is 0 Å². The summed E-state index contributed by atoms with van der Waals surface area (Å²) in [5.74, 6) is -1.11. The molecule has 5 heteroatoms. The van der Waals surface area contributed by atoms with Crippen LogP contribution >= 0.6 is 0 Å². The summed E-state index contributed by atoms with van der Waals surface area (Å²) >= 11 is 0. The van der Waals surface area contributed by atoms with Crippen molar-refractivity contribution < 1.29 is 24.5 Å². The van der Waals surface area contributed by atoms with Crippen LogP contribution in [0.2, 0.25) is 0 Å².